The maximum Gasteiger partial charge on any atom is 0.306 e. The largest absolute Gasteiger partial charge is 0.481 e. The zero-order valence-electron chi connectivity index (χ0n) is 15.9. The average Bonchev–Trinajstić information content (AvgIpc) is 2.75. The van der Waals surface area contributed by atoms with Crippen LogP contribution in [-0.4, -0.2) is 42.0 Å². The van der Waals surface area contributed by atoms with Gasteiger partial charge in [-0.2, -0.15) is 0 Å². The molecule has 0 saturated heterocycles. The second-order valence-corrected chi connectivity index (χ2v) is 7.11. The highest BCUT2D eigenvalue weighted by molar-refractivity contribution is 5.87. The molecule has 0 aliphatic heterocycles. The van der Waals surface area contributed by atoms with Crippen LogP contribution in [0.25, 0.3) is 11.0 Å². The fraction of sp³-hybridized carbons (Fsp3) is 0.316. The van der Waals surface area contributed by atoms with Gasteiger partial charge in [0.1, 0.15) is 17.4 Å². The van der Waals surface area contributed by atoms with Gasteiger partial charge in [0.15, 0.2) is 5.82 Å². The van der Waals surface area contributed by atoms with Crippen LogP contribution < -0.4 is 10.6 Å². The summed E-state index contributed by atoms with van der Waals surface area (Å²) in [7, 11) is 0. The third-order valence-corrected chi connectivity index (χ3v) is 5.11. The van der Waals surface area contributed by atoms with Gasteiger partial charge >= 0.3 is 5.97 Å². The van der Waals surface area contributed by atoms with Crippen LogP contribution in [0.3, 0.4) is 0 Å². The highest BCUT2D eigenvalue weighted by Gasteiger charge is 2.26. The molecule has 0 spiro atoms. The van der Waals surface area contributed by atoms with Crippen LogP contribution in [0.2, 0.25) is 0 Å². The van der Waals surface area contributed by atoms with E-state index in [1.165, 1.54) is 18.5 Å². The number of carbonyl (C=O) groups is 1. The SMILES string of the molecule is O=C(O)C1CCC(Nc2ncc3ncnc(Nc4cccc([N+](=O)[O-])c4)c3n2)CC1. The number of carboxylic acids is 1. The molecule has 1 fully saturated rings. The molecule has 1 saturated carbocycles. The first kappa shape index (κ1) is 19.4. The van der Waals surface area contributed by atoms with E-state index in [1.807, 2.05) is 0 Å². The minimum Gasteiger partial charge on any atom is -0.481 e. The fourth-order valence-electron chi connectivity index (χ4n) is 3.52. The molecule has 2 heterocycles. The minimum atomic E-state index is -0.746. The number of fused-ring (bicyclic) bond motifs is 1. The number of carboxylic acid groups (broad SMARTS) is 1. The summed E-state index contributed by atoms with van der Waals surface area (Å²) in [4.78, 5) is 38.8. The summed E-state index contributed by atoms with van der Waals surface area (Å²) in [5.41, 5.74) is 1.47. The van der Waals surface area contributed by atoms with Gasteiger partial charge < -0.3 is 15.7 Å². The van der Waals surface area contributed by atoms with Crippen molar-refractivity contribution >= 4 is 40.1 Å². The van der Waals surface area contributed by atoms with Crippen LogP contribution in [0.1, 0.15) is 25.7 Å². The van der Waals surface area contributed by atoms with Crippen molar-refractivity contribution in [1.29, 1.82) is 0 Å². The number of nitro groups is 1. The molecule has 3 aromatic rings. The van der Waals surface area contributed by atoms with Gasteiger partial charge in [-0.25, -0.2) is 19.9 Å². The lowest BCUT2D eigenvalue weighted by Gasteiger charge is -2.26. The van der Waals surface area contributed by atoms with E-state index in [0.717, 1.165) is 12.8 Å². The summed E-state index contributed by atoms with van der Waals surface area (Å²) in [6, 6.07) is 6.19. The summed E-state index contributed by atoms with van der Waals surface area (Å²) in [5, 5.41) is 26.4. The molecule has 2 aromatic heterocycles. The average molecular weight is 409 g/mol. The van der Waals surface area contributed by atoms with Crippen molar-refractivity contribution in [3.63, 3.8) is 0 Å². The molecular weight excluding hydrogens is 390 g/mol. The Bertz CT molecular complexity index is 1100. The molecule has 0 atom stereocenters. The van der Waals surface area contributed by atoms with Crippen molar-refractivity contribution in [2.45, 2.75) is 31.7 Å². The Balaban J connectivity index is 1.55. The molecule has 4 rings (SSSR count). The van der Waals surface area contributed by atoms with Crippen LogP contribution in [-0.2, 0) is 4.79 Å². The fourth-order valence-corrected chi connectivity index (χ4v) is 3.52. The van der Waals surface area contributed by atoms with Crippen molar-refractivity contribution in [3.05, 3.63) is 46.9 Å². The number of non-ortho nitro benzene ring substituents is 1. The molecule has 11 heteroatoms. The molecule has 154 valence electrons. The summed E-state index contributed by atoms with van der Waals surface area (Å²) < 4.78 is 0. The van der Waals surface area contributed by atoms with Crippen LogP contribution >= 0.6 is 0 Å². The number of nitrogens with one attached hydrogen (secondary N) is 2. The number of hydrogen-bond donors (Lipinski definition) is 3. The number of nitrogens with zero attached hydrogens (tertiary/aromatic N) is 5. The van der Waals surface area contributed by atoms with Gasteiger partial charge in [0, 0.05) is 23.9 Å². The van der Waals surface area contributed by atoms with Gasteiger partial charge in [0.25, 0.3) is 5.69 Å². The Morgan fingerprint density at radius 2 is 1.97 bits per heavy atom. The maximum atomic E-state index is 11.1. The first-order chi connectivity index (χ1) is 14.5. The van der Waals surface area contributed by atoms with E-state index >= 15 is 0 Å². The van der Waals surface area contributed by atoms with Crippen molar-refractivity contribution in [3.8, 4) is 0 Å². The van der Waals surface area contributed by atoms with E-state index in [-0.39, 0.29) is 17.6 Å². The van der Waals surface area contributed by atoms with Crippen LogP contribution in [0, 0.1) is 16.0 Å². The van der Waals surface area contributed by atoms with Gasteiger partial charge in [-0.05, 0) is 31.7 Å². The zero-order chi connectivity index (χ0) is 21.1. The molecule has 0 unspecified atom stereocenters. The van der Waals surface area contributed by atoms with E-state index in [9.17, 15) is 14.9 Å². The smallest absolute Gasteiger partial charge is 0.306 e. The Morgan fingerprint density at radius 3 is 2.70 bits per heavy atom. The quantitative estimate of drug-likeness (QED) is 0.408. The number of nitro benzene ring substituents is 1. The second-order valence-electron chi connectivity index (χ2n) is 7.11. The van der Waals surface area contributed by atoms with Crippen molar-refractivity contribution in [1.82, 2.24) is 19.9 Å². The first-order valence-electron chi connectivity index (χ1n) is 9.48. The molecular formula is C19H19N7O4. The normalized spacial score (nSPS) is 18.7. The highest BCUT2D eigenvalue weighted by Crippen LogP contribution is 2.27. The molecule has 11 nitrogen and oxygen atoms in total. The maximum absolute atomic E-state index is 11.1. The van der Waals surface area contributed by atoms with Crippen LogP contribution in [0.4, 0.5) is 23.1 Å². The predicted octanol–water partition coefficient (Wildman–Crippen LogP) is 3.13. The third-order valence-electron chi connectivity index (χ3n) is 5.11. The summed E-state index contributed by atoms with van der Waals surface area (Å²) in [6.07, 6.45) is 5.62. The lowest BCUT2D eigenvalue weighted by atomic mass is 9.86. The van der Waals surface area contributed by atoms with Crippen molar-refractivity contribution in [2.75, 3.05) is 10.6 Å². The minimum absolute atomic E-state index is 0.0349. The molecule has 30 heavy (non-hydrogen) atoms. The third kappa shape index (κ3) is 4.24. The molecule has 0 amide bonds. The predicted molar refractivity (Wildman–Crippen MR) is 109 cm³/mol. The van der Waals surface area contributed by atoms with E-state index in [2.05, 4.69) is 30.6 Å². The Labute approximate surface area is 170 Å². The number of aliphatic carboxylic acids is 1. The Kier molecular flexibility index (Phi) is 5.33. The second kappa shape index (κ2) is 8.23. The van der Waals surface area contributed by atoms with E-state index in [1.54, 1.807) is 18.3 Å². The lowest BCUT2D eigenvalue weighted by Crippen LogP contribution is -2.29. The summed E-state index contributed by atoms with van der Waals surface area (Å²) >= 11 is 0. The Morgan fingerprint density at radius 1 is 1.17 bits per heavy atom. The van der Waals surface area contributed by atoms with Gasteiger partial charge in [0.2, 0.25) is 5.95 Å². The van der Waals surface area contributed by atoms with Crippen molar-refractivity contribution < 1.29 is 14.8 Å². The van der Waals surface area contributed by atoms with E-state index < -0.39 is 10.9 Å². The first-order valence-corrected chi connectivity index (χ1v) is 9.48. The molecule has 0 radical (unpaired) electrons. The van der Waals surface area contributed by atoms with Gasteiger partial charge in [-0.15, -0.1) is 0 Å². The van der Waals surface area contributed by atoms with Gasteiger partial charge in [0.05, 0.1) is 17.0 Å². The summed E-state index contributed by atoms with van der Waals surface area (Å²) in [6.45, 7) is 0. The zero-order valence-corrected chi connectivity index (χ0v) is 15.9. The molecule has 3 N–H and O–H groups in total. The standard InChI is InChI=1S/C19H19N7O4/c27-18(28)11-4-6-12(7-5-11)24-19-20-9-15-16(25-19)17(22-10-21-15)23-13-2-1-3-14(8-13)26(29)30/h1-3,8-12H,4-7H2,(H,27,28)(H,20,24,25)(H,21,22,23). The van der Waals surface area contributed by atoms with Crippen molar-refractivity contribution in [2.24, 2.45) is 5.92 Å². The number of hydrogen-bond acceptors (Lipinski definition) is 9. The molecule has 1 aromatic carbocycles. The summed E-state index contributed by atoms with van der Waals surface area (Å²) in [5.74, 6) is -0.233. The Hall–Kier alpha value is -3.89. The molecule has 0 bridgehead atoms. The van der Waals surface area contributed by atoms with Crippen LogP contribution in [0.15, 0.2) is 36.8 Å². The van der Waals surface area contributed by atoms with Crippen LogP contribution in [0.5, 0.6) is 0 Å². The monoisotopic (exact) mass is 409 g/mol. The number of rotatable bonds is 6. The number of aromatic nitrogens is 4. The molecule has 1 aliphatic rings. The van der Waals surface area contributed by atoms with Gasteiger partial charge in [-0.3, -0.25) is 14.9 Å². The molecule has 1 aliphatic carbocycles. The van der Waals surface area contributed by atoms with E-state index in [4.69, 9.17) is 5.11 Å². The van der Waals surface area contributed by atoms with E-state index in [0.29, 0.717) is 41.3 Å². The topological polar surface area (TPSA) is 156 Å². The highest BCUT2D eigenvalue weighted by atomic mass is 16.6. The van der Waals surface area contributed by atoms with Gasteiger partial charge in [-0.1, -0.05) is 6.07 Å². The number of anilines is 3. The number of benzene rings is 1. The lowest BCUT2D eigenvalue weighted by molar-refractivity contribution is -0.384.